The summed E-state index contributed by atoms with van der Waals surface area (Å²) < 4.78 is 9.97. The molecule has 7 nitrogen and oxygen atoms in total. The van der Waals surface area contributed by atoms with Gasteiger partial charge in [0.2, 0.25) is 11.1 Å². The second-order valence-electron chi connectivity index (χ2n) is 3.04. The lowest BCUT2D eigenvalue weighted by Gasteiger charge is -2.09. The SMILES string of the molecule is COCCOCC(O)CSc1n[nH]c(N)n1. The number of methoxy groups -OCH3 is 1. The maximum atomic E-state index is 9.53. The molecule has 0 aliphatic carbocycles. The fourth-order valence-corrected chi connectivity index (χ4v) is 1.61. The summed E-state index contributed by atoms with van der Waals surface area (Å²) in [5.41, 5.74) is 5.35. The van der Waals surface area contributed by atoms with Crippen LogP contribution in [-0.4, -0.2) is 59.1 Å². The Kier molecular flexibility index (Phi) is 6.16. The number of thioether (sulfide) groups is 1. The van der Waals surface area contributed by atoms with Gasteiger partial charge in [-0.1, -0.05) is 11.8 Å². The van der Waals surface area contributed by atoms with E-state index in [9.17, 15) is 5.11 Å². The second-order valence-corrected chi connectivity index (χ2v) is 4.02. The smallest absolute Gasteiger partial charge is 0.216 e. The first kappa shape index (κ1) is 13.2. The molecule has 0 saturated heterocycles. The van der Waals surface area contributed by atoms with Gasteiger partial charge in [0.15, 0.2) is 0 Å². The molecule has 0 aromatic carbocycles. The Bertz CT molecular complexity index is 297. The van der Waals surface area contributed by atoms with Crippen LogP contribution in [0.15, 0.2) is 5.16 Å². The van der Waals surface area contributed by atoms with Gasteiger partial charge in [-0.05, 0) is 0 Å². The minimum Gasteiger partial charge on any atom is -0.390 e. The summed E-state index contributed by atoms with van der Waals surface area (Å²) in [7, 11) is 1.60. The second kappa shape index (κ2) is 7.44. The number of ether oxygens (including phenoxy) is 2. The molecule has 4 N–H and O–H groups in total. The Morgan fingerprint density at radius 1 is 1.56 bits per heavy atom. The van der Waals surface area contributed by atoms with Crippen molar-refractivity contribution in [2.75, 3.05) is 38.4 Å². The van der Waals surface area contributed by atoms with Gasteiger partial charge < -0.3 is 20.3 Å². The molecule has 1 aromatic rings. The number of nitrogen functional groups attached to an aromatic ring is 1. The number of aliphatic hydroxyl groups excluding tert-OH is 1. The van der Waals surface area contributed by atoms with Crippen LogP contribution in [0, 0.1) is 0 Å². The molecule has 0 spiro atoms. The Morgan fingerprint density at radius 3 is 3.00 bits per heavy atom. The standard InChI is InChI=1S/C8H16N4O3S/c1-14-2-3-15-4-6(13)5-16-8-10-7(9)11-12-8/h6,13H,2-5H2,1H3,(H3,9,10,11,12). The molecule has 1 unspecified atom stereocenters. The first-order valence-corrected chi connectivity index (χ1v) is 5.76. The molecule has 0 radical (unpaired) electrons. The topological polar surface area (TPSA) is 106 Å². The van der Waals surface area contributed by atoms with Crippen LogP contribution in [0.25, 0.3) is 0 Å². The van der Waals surface area contributed by atoms with Gasteiger partial charge in [0.25, 0.3) is 0 Å². The van der Waals surface area contributed by atoms with E-state index in [2.05, 4.69) is 15.2 Å². The van der Waals surface area contributed by atoms with E-state index in [-0.39, 0.29) is 12.6 Å². The van der Waals surface area contributed by atoms with Crippen LogP contribution in [0.3, 0.4) is 0 Å². The first-order valence-electron chi connectivity index (χ1n) is 4.77. The summed E-state index contributed by atoms with van der Waals surface area (Å²) in [6, 6.07) is 0. The molecular weight excluding hydrogens is 232 g/mol. The molecule has 92 valence electrons. The highest BCUT2D eigenvalue weighted by atomic mass is 32.2. The molecular formula is C8H16N4O3S. The van der Waals surface area contributed by atoms with Crippen LogP contribution < -0.4 is 5.73 Å². The van der Waals surface area contributed by atoms with Crippen molar-refractivity contribution in [3.8, 4) is 0 Å². The van der Waals surface area contributed by atoms with E-state index in [4.69, 9.17) is 15.2 Å². The van der Waals surface area contributed by atoms with Gasteiger partial charge in [-0.3, -0.25) is 0 Å². The van der Waals surface area contributed by atoms with E-state index in [0.717, 1.165) is 0 Å². The Morgan fingerprint density at radius 2 is 2.38 bits per heavy atom. The number of rotatable bonds is 8. The molecule has 0 fully saturated rings. The quantitative estimate of drug-likeness (QED) is 0.420. The fraction of sp³-hybridized carbons (Fsp3) is 0.750. The van der Waals surface area contributed by atoms with Gasteiger partial charge in [0, 0.05) is 12.9 Å². The zero-order valence-electron chi connectivity index (χ0n) is 9.05. The molecule has 1 rings (SSSR count). The van der Waals surface area contributed by atoms with E-state index < -0.39 is 6.10 Å². The number of aromatic amines is 1. The van der Waals surface area contributed by atoms with Crippen molar-refractivity contribution in [1.82, 2.24) is 15.2 Å². The Balaban J connectivity index is 2.08. The van der Waals surface area contributed by atoms with Crippen LogP contribution in [0.1, 0.15) is 0 Å². The Labute approximate surface area is 97.7 Å². The fourth-order valence-electron chi connectivity index (χ4n) is 0.903. The lowest BCUT2D eigenvalue weighted by molar-refractivity contribution is 0.0218. The van der Waals surface area contributed by atoms with Crippen LogP contribution >= 0.6 is 11.8 Å². The molecule has 1 aromatic heterocycles. The van der Waals surface area contributed by atoms with Gasteiger partial charge in [-0.25, -0.2) is 5.10 Å². The van der Waals surface area contributed by atoms with Crippen molar-refractivity contribution >= 4 is 17.7 Å². The number of aromatic nitrogens is 3. The van der Waals surface area contributed by atoms with Gasteiger partial charge in [-0.2, -0.15) is 4.98 Å². The average Bonchev–Trinajstić information content (AvgIpc) is 2.68. The van der Waals surface area contributed by atoms with Crippen LogP contribution in [-0.2, 0) is 9.47 Å². The normalized spacial score (nSPS) is 12.9. The summed E-state index contributed by atoms with van der Waals surface area (Å²) >= 11 is 1.32. The maximum Gasteiger partial charge on any atom is 0.216 e. The predicted molar refractivity (Wildman–Crippen MR) is 60.2 cm³/mol. The van der Waals surface area contributed by atoms with Crippen LogP contribution in [0.5, 0.6) is 0 Å². The molecule has 0 bridgehead atoms. The molecule has 8 heteroatoms. The third kappa shape index (κ3) is 5.31. The van der Waals surface area contributed by atoms with Gasteiger partial charge in [-0.15, -0.1) is 5.10 Å². The maximum absolute atomic E-state index is 9.53. The van der Waals surface area contributed by atoms with Crippen molar-refractivity contribution in [2.24, 2.45) is 0 Å². The molecule has 16 heavy (non-hydrogen) atoms. The summed E-state index contributed by atoms with van der Waals surface area (Å²) in [4.78, 5) is 3.89. The molecule has 0 aliphatic heterocycles. The lowest BCUT2D eigenvalue weighted by atomic mass is 10.4. The highest BCUT2D eigenvalue weighted by Gasteiger charge is 2.08. The van der Waals surface area contributed by atoms with Gasteiger partial charge in [0.1, 0.15) is 0 Å². The van der Waals surface area contributed by atoms with Crippen LogP contribution in [0.4, 0.5) is 5.95 Å². The van der Waals surface area contributed by atoms with Crippen molar-refractivity contribution in [3.63, 3.8) is 0 Å². The van der Waals surface area contributed by atoms with E-state index in [1.54, 1.807) is 7.11 Å². The van der Waals surface area contributed by atoms with Crippen molar-refractivity contribution < 1.29 is 14.6 Å². The van der Waals surface area contributed by atoms with E-state index in [1.807, 2.05) is 0 Å². The third-order valence-electron chi connectivity index (χ3n) is 1.63. The molecule has 1 heterocycles. The summed E-state index contributed by atoms with van der Waals surface area (Å²) in [5, 5.41) is 16.4. The van der Waals surface area contributed by atoms with Crippen molar-refractivity contribution in [3.05, 3.63) is 0 Å². The summed E-state index contributed by atoms with van der Waals surface area (Å²) in [6.45, 7) is 1.28. The number of anilines is 1. The number of H-pyrrole nitrogens is 1. The summed E-state index contributed by atoms with van der Waals surface area (Å²) in [6.07, 6.45) is -0.554. The third-order valence-corrected chi connectivity index (χ3v) is 2.62. The van der Waals surface area contributed by atoms with Gasteiger partial charge in [0.05, 0.1) is 25.9 Å². The largest absolute Gasteiger partial charge is 0.390 e. The minimum absolute atomic E-state index is 0.272. The van der Waals surface area contributed by atoms with E-state index in [1.165, 1.54) is 11.8 Å². The Hall–Kier alpha value is -0.830. The lowest BCUT2D eigenvalue weighted by Crippen LogP contribution is -2.19. The summed E-state index contributed by atoms with van der Waals surface area (Å²) in [5.74, 6) is 0.734. The zero-order valence-corrected chi connectivity index (χ0v) is 9.87. The molecule has 0 aliphatic rings. The van der Waals surface area contributed by atoms with Crippen molar-refractivity contribution in [1.29, 1.82) is 0 Å². The van der Waals surface area contributed by atoms with E-state index >= 15 is 0 Å². The van der Waals surface area contributed by atoms with E-state index in [0.29, 0.717) is 24.1 Å². The highest BCUT2D eigenvalue weighted by molar-refractivity contribution is 7.99. The number of aliphatic hydroxyl groups is 1. The van der Waals surface area contributed by atoms with Crippen molar-refractivity contribution in [2.45, 2.75) is 11.3 Å². The molecule has 0 saturated carbocycles. The molecule has 0 amide bonds. The highest BCUT2D eigenvalue weighted by Crippen LogP contribution is 2.13. The molecule has 1 atom stereocenters. The number of nitrogens with one attached hydrogen (secondary N) is 1. The number of nitrogens with zero attached hydrogens (tertiary/aromatic N) is 2. The predicted octanol–water partition coefficient (Wildman–Crippen LogP) is -0.497. The monoisotopic (exact) mass is 248 g/mol. The number of hydrogen-bond donors (Lipinski definition) is 3. The zero-order chi connectivity index (χ0) is 11.8. The van der Waals surface area contributed by atoms with Gasteiger partial charge >= 0.3 is 0 Å². The number of nitrogens with two attached hydrogens (primary N) is 1. The average molecular weight is 248 g/mol. The number of hydrogen-bond acceptors (Lipinski definition) is 7. The first-order chi connectivity index (χ1) is 7.72. The van der Waals surface area contributed by atoms with Crippen LogP contribution in [0.2, 0.25) is 0 Å². The minimum atomic E-state index is -0.554.